The van der Waals surface area contributed by atoms with Crippen LogP contribution in [0, 0.1) is 12.8 Å². The van der Waals surface area contributed by atoms with Crippen molar-refractivity contribution in [2.45, 2.75) is 20.3 Å². The predicted molar refractivity (Wildman–Crippen MR) is 24.8 cm³/mol. The van der Waals surface area contributed by atoms with Crippen LogP contribution in [0.5, 0.6) is 0 Å². The molecule has 0 nitrogen and oxygen atoms in total. The summed E-state index contributed by atoms with van der Waals surface area (Å²) in [5, 5.41) is 0. The molecule has 1 heteroatoms. The van der Waals surface area contributed by atoms with Gasteiger partial charge in [-0.25, -0.2) is 0 Å². The maximum absolute atomic E-state index is 3.76. The molecule has 1 unspecified atom stereocenters. The van der Waals surface area contributed by atoms with Crippen molar-refractivity contribution < 1.29 is 21.1 Å². The van der Waals surface area contributed by atoms with Crippen LogP contribution in [-0.4, -0.2) is 0 Å². The largest absolute Gasteiger partial charge is 0.341 e. The fourth-order valence-electron chi connectivity index (χ4n) is 0. The fourth-order valence-corrected chi connectivity index (χ4v) is 0. The van der Waals surface area contributed by atoms with E-state index in [1.54, 1.807) is 0 Å². The van der Waals surface area contributed by atoms with Crippen LogP contribution < -0.4 is 0 Å². The molecule has 38 valence electrons. The van der Waals surface area contributed by atoms with E-state index in [0.717, 1.165) is 0 Å². The van der Waals surface area contributed by atoms with E-state index in [2.05, 4.69) is 20.8 Å². The van der Waals surface area contributed by atoms with Gasteiger partial charge in [0.05, 0.1) is 0 Å². The monoisotopic (exact) mass is 255 g/mol. The molecule has 0 rings (SSSR count). The van der Waals surface area contributed by atoms with Crippen LogP contribution >= 0.6 is 0 Å². The van der Waals surface area contributed by atoms with Crippen LogP contribution in [0.4, 0.5) is 0 Å². The Kier molecular flexibility index (Phi) is 9.33. The van der Waals surface area contributed by atoms with Crippen LogP contribution in [0.2, 0.25) is 0 Å². The first-order chi connectivity index (χ1) is 2.27. The van der Waals surface area contributed by atoms with Gasteiger partial charge < -0.3 is 6.92 Å². The predicted octanol–water partition coefficient (Wildman–Crippen LogP) is 1.86. The van der Waals surface area contributed by atoms with Gasteiger partial charge in [0.2, 0.25) is 0 Å². The van der Waals surface area contributed by atoms with E-state index in [9.17, 15) is 0 Å². The Bertz CT molecular complexity index is 17.9. The van der Waals surface area contributed by atoms with Gasteiger partial charge in [-0.3, -0.25) is 0 Å². The van der Waals surface area contributed by atoms with Crippen LogP contribution in [0.3, 0.4) is 0 Å². The van der Waals surface area contributed by atoms with Gasteiger partial charge in [-0.1, -0.05) is 20.3 Å². The van der Waals surface area contributed by atoms with E-state index in [4.69, 9.17) is 0 Å². The first-order valence-electron chi connectivity index (χ1n) is 2.10. The first-order valence-corrected chi connectivity index (χ1v) is 2.10. The number of hydrogen-bond acceptors (Lipinski definition) is 0. The molecule has 0 aliphatic rings. The first kappa shape index (κ1) is 9.85. The molecule has 0 aromatic rings. The van der Waals surface area contributed by atoms with Gasteiger partial charge in [0.25, 0.3) is 0 Å². The smallest absolute Gasteiger partial charge is 0 e. The molecule has 0 fully saturated rings. The Morgan fingerprint density at radius 3 is 1.83 bits per heavy atom. The summed E-state index contributed by atoms with van der Waals surface area (Å²) in [6.07, 6.45) is 1.19. The fraction of sp³-hybridized carbons (Fsp3) is 0.800. The van der Waals surface area contributed by atoms with Crippen molar-refractivity contribution in [2.24, 2.45) is 5.92 Å². The van der Waals surface area contributed by atoms with E-state index in [0.29, 0.717) is 5.92 Å². The summed E-state index contributed by atoms with van der Waals surface area (Å²) in [6, 6.07) is 0. The van der Waals surface area contributed by atoms with E-state index in [-0.39, 0.29) is 21.1 Å². The zero-order valence-electron chi connectivity index (χ0n) is 4.40. The molecule has 0 saturated carbocycles. The molecule has 0 heterocycles. The van der Waals surface area contributed by atoms with Crippen molar-refractivity contribution in [3.05, 3.63) is 6.92 Å². The molecule has 0 N–H and O–H groups in total. The second-order valence-electron chi connectivity index (χ2n) is 1.51. The maximum Gasteiger partial charge on any atom is 0 e. The van der Waals surface area contributed by atoms with Crippen LogP contribution in [0.15, 0.2) is 0 Å². The SMILES string of the molecule is [CH2-]C(C)CC.[W]. The third kappa shape index (κ3) is 8.82. The van der Waals surface area contributed by atoms with Gasteiger partial charge >= 0.3 is 0 Å². The maximum atomic E-state index is 3.76. The molecular formula is C5H11W-. The van der Waals surface area contributed by atoms with Crippen molar-refractivity contribution in [1.82, 2.24) is 0 Å². The molecule has 0 bridgehead atoms. The Morgan fingerprint density at radius 1 is 1.67 bits per heavy atom. The minimum Gasteiger partial charge on any atom is -0.341 e. The molecular weight excluding hydrogens is 244 g/mol. The topological polar surface area (TPSA) is 0 Å². The molecule has 0 amide bonds. The van der Waals surface area contributed by atoms with Crippen molar-refractivity contribution >= 4 is 0 Å². The minimum absolute atomic E-state index is 0. The van der Waals surface area contributed by atoms with Gasteiger partial charge in [-0.2, -0.15) is 5.92 Å². The summed E-state index contributed by atoms with van der Waals surface area (Å²) in [6.45, 7) is 8.00. The average molecular weight is 255 g/mol. The summed E-state index contributed by atoms with van der Waals surface area (Å²) in [4.78, 5) is 0. The van der Waals surface area contributed by atoms with E-state index in [1.807, 2.05) is 0 Å². The molecule has 0 radical (unpaired) electrons. The Labute approximate surface area is 54.6 Å². The van der Waals surface area contributed by atoms with Crippen molar-refractivity contribution in [1.29, 1.82) is 0 Å². The summed E-state index contributed by atoms with van der Waals surface area (Å²) < 4.78 is 0. The molecule has 0 aliphatic heterocycles. The molecule has 6 heavy (non-hydrogen) atoms. The third-order valence-electron chi connectivity index (χ3n) is 0.697. The van der Waals surface area contributed by atoms with E-state index in [1.165, 1.54) is 6.42 Å². The number of rotatable bonds is 1. The number of hydrogen-bond donors (Lipinski definition) is 0. The van der Waals surface area contributed by atoms with Gasteiger partial charge in [-0.05, 0) is 0 Å². The van der Waals surface area contributed by atoms with Gasteiger partial charge in [-0.15, -0.1) is 0 Å². The van der Waals surface area contributed by atoms with Crippen LogP contribution in [0.25, 0.3) is 0 Å². The summed E-state index contributed by atoms with van der Waals surface area (Å²) in [5.74, 6) is 0.634. The van der Waals surface area contributed by atoms with E-state index >= 15 is 0 Å². The zero-order chi connectivity index (χ0) is 4.28. The molecule has 1 atom stereocenters. The summed E-state index contributed by atoms with van der Waals surface area (Å²) >= 11 is 0. The second kappa shape index (κ2) is 5.69. The minimum atomic E-state index is 0. The normalized spacial score (nSPS) is 12.5. The molecule has 0 saturated heterocycles. The third-order valence-corrected chi connectivity index (χ3v) is 0.697. The van der Waals surface area contributed by atoms with Gasteiger partial charge in [0, 0.05) is 21.1 Å². The van der Waals surface area contributed by atoms with Gasteiger partial charge in [0.15, 0.2) is 0 Å². The Hall–Kier alpha value is 0.688. The standard InChI is InChI=1S/C5H11.W/c1-4-5(2)3;/h5H,2,4H2,1,3H3;/q-1;. The molecule has 0 aliphatic carbocycles. The van der Waals surface area contributed by atoms with Gasteiger partial charge in [0.1, 0.15) is 0 Å². The molecule has 0 aromatic heterocycles. The zero-order valence-corrected chi connectivity index (χ0v) is 7.33. The van der Waals surface area contributed by atoms with Crippen LogP contribution in [0.1, 0.15) is 20.3 Å². The molecule has 0 aromatic carbocycles. The van der Waals surface area contributed by atoms with Crippen molar-refractivity contribution in [2.75, 3.05) is 0 Å². The summed E-state index contributed by atoms with van der Waals surface area (Å²) in [5.41, 5.74) is 0. The average Bonchev–Trinajstić information content (AvgIpc) is 1.38. The Balaban J connectivity index is 0. The van der Waals surface area contributed by atoms with E-state index < -0.39 is 0 Å². The molecule has 0 spiro atoms. The van der Waals surface area contributed by atoms with Crippen molar-refractivity contribution in [3.63, 3.8) is 0 Å². The Morgan fingerprint density at radius 2 is 1.83 bits per heavy atom. The summed E-state index contributed by atoms with van der Waals surface area (Å²) in [7, 11) is 0. The van der Waals surface area contributed by atoms with Crippen molar-refractivity contribution in [3.8, 4) is 0 Å². The quantitative estimate of drug-likeness (QED) is 0.627. The second-order valence-corrected chi connectivity index (χ2v) is 1.51. The van der Waals surface area contributed by atoms with Crippen LogP contribution in [-0.2, 0) is 21.1 Å².